The number of likely N-dealkylation sites (N-methyl/N-ethyl adjacent to an activating group) is 1. The Hall–Kier alpha value is -2.33. The molecule has 0 rings (SSSR count). The molecule has 0 spiro atoms. The maximum absolute atomic E-state index is 12.8. The Morgan fingerprint density at radius 3 is 1.57 bits per heavy atom. The smallest absolute Gasteiger partial charge is 0.306 e. The van der Waals surface area contributed by atoms with Gasteiger partial charge in [-0.05, 0) is 77.5 Å². The standard InChI is InChI=1S/C46H84N2O5/c1-8-11-30-41(6)37-45(50)52-35-28-24-20-16-14-18-22-26-33-43(47-44(49)39-48(7)40(4)5)34-27-23-19-15-17-21-25-29-36-53-46(51)38-42(31-12-9-2)32-13-10-3/h31,40-43H,2,8,10-11,13-30,32-39H2,1,3-7H3,(H,47,49). The van der Waals surface area contributed by atoms with E-state index >= 15 is 0 Å². The predicted octanol–water partition coefficient (Wildman–Crippen LogP) is 11.8. The second-order valence-corrected chi connectivity index (χ2v) is 16.0. The highest BCUT2D eigenvalue weighted by Crippen LogP contribution is 2.18. The molecule has 1 amide bonds. The Morgan fingerprint density at radius 2 is 1.09 bits per heavy atom. The van der Waals surface area contributed by atoms with Gasteiger partial charge in [0.25, 0.3) is 0 Å². The minimum Gasteiger partial charge on any atom is -0.466 e. The average molecular weight is 745 g/mol. The number of carbonyl (C=O) groups excluding carboxylic acids is 3. The highest BCUT2D eigenvalue weighted by Gasteiger charge is 2.16. The first-order valence-electron chi connectivity index (χ1n) is 22.0. The van der Waals surface area contributed by atoms with Crippen LogP contribution in [0.15, 0.2) is 24.1 Å². The fourth-order valence-corrected chi connectivity index (χ4v) is 6.61. The summed E-state index contributed by atoms with van der Waals surface area (Å²) in [6, 6.07) is 0.615. The zero-order valence-electron chi connectivity index (χ0n) is 35.6. The van der Waals surface area contributed by atoms with E-state index in [0.717, 1.165) is 77.0 Å². The quantitative estimate of drug-likeness (QED) is 0.0387. The molecule has 0 radical (unpaired) electrons. The summed E-state index contributed by atoms with van der Waals surface area (Å²) >= 11 is 0. The van der Waals surface area contributed by atoms with Crippen molar-refractivity contribution in [1.82, 2.24) is 10.2 Å². The van der Waals surface area contributed by atoms with Gasteiger partial charge in [-0.1, -0.05) is 154 Å². The lowest BCUT2D eigenvalue weighted by Crippen LogP contribution is -2.42. The van der Waals surface area contributed by atoms with Crippen LogP contribution >= 0.6 is 0 Å². The van der Waals surface area contributed by atoms with Crippen molar-refractivity contribution in [2.45, 2.75) is 214 Å². The van der Waals surface area contributed by atoms with E-state index in [1.807, 2.05) is 13.1 Å². The number of nitrogens with zero attached hydrogens (tertiary/aromatic N) is 1. The first-order valence-corrected chi connectivity index (χ1v) is 22.0. The molecular weight excluding hydrogens is 661 g/mol. The first kappa shape index (κ1) is 50.7. The van der Waals surface area contributed by atoms with Gasteiger partial charge in [-0.15, -0.1) is 0 Å². The number of rotatable bonds is 37. The molecule has 0 saturated carbocycles. The van der Waals surface area contributed by atoms with Gasteiger partial charge >= 0.3 is 11.9 Å². The van der Waals surface area contributed by atoms with Gasteiger partial charge in [-0.2, -0.15) is 0 Å². The Labute approximate surface area is 327 Å². The van der Waals surface area contributed by atoms with Crippen LogP contribution in [-0.4, -0.2) is 61.6 Å². The van der Waals surface area contributed by atoms with E-state index in [0.29, 0.717) is 44.6 Å². The topological polar surface area (TPSA) is 84.9 Å². The summed E-state index contributed by atoms with van der Waals surface area (Å²) in [7, 11) is 2.01. The lowest BCUT2D eigenvalue weighted by molar-refractivity contribution is -0.145. The molecule has 0 aromatic heterocycles. The molecule has 0 aliphatic heterocycles. The molecule has 1 N–H and O–H groups in total. The van der Waals surface area contributed by atoms with E-state index in [1.165, 1.54) is 77.0 Å². The molecule has 0 aliphatic rings. The van der Waals surface area contributed by atoms with Crippen LogP contribution in [-0.2, 0) is 23.9 Å². The molecule has 308 valence electrons. The molecule has 0 aromatic carbocycles. The van der Waals surface area contributed by atoms with Crippen LogP contribution in [0.4, 0.5) is 0 Å². The summed E-state index contributed by atoms with van der Waals surface area (Å²) in [5, 5.41) is 3.36. The van der Waals surface area contributed by atoms with Gasteiger partial charge in [-0.3, -0.25) is 19.3 Å². The van der Waals surface area contributed by atoms with Crippen LogP contribution in [0.25, 0.3) is 0 Å². The number of hydrogen-bond donors (Lipinski definition) is 1. The van der Waals surface area contributed by atoms with Gasteiger partial charge in [0.05, 0.1) is 26.2 Å². The maximum Gasteiger partial charge on any atom is 0.306 e. The Morgan fingerprint density at radius 1 is 0.642 bits per heavy atom. The van der Waals surface area contributed by atoms with Crippen LogP contribution in [0.1, 0.15) is 202 Å². The molecule has 7 heteroatoms. The summed E-state index contributed by atoms with van der Waals surface area (Å²) < 4.78 is 10.9. The van der Waals surface area contributed by atoms with E-state index in [9.17, 15) is 14.4 Å². The molecule has 3 atom stereocenters. The largest absolute Gasteiger partial charge is 0.466 e. The van der Waals surface area contributed by atoms with E-state index < -0.39 is 0 Å². The van der Waals surface area contributed by atoms with Gasteiger partial charge in [-0.25, -0.2) is 0 Å². The fourth-order valence-electron chi connectivity index (χ4n) is 6.61. The van der Waals surface area contributed by atoms with Crippen molar-refractivity contribution < 1.29 is 23.9 Å². The average Bonchev–Trinajstić information content (AvgIpc) is 3.12. The van der Waals surface area contributed by atoms with Gasteiger partial charge in [0.15, 0.2) is 0 Å². The lowest BCUT2D eigenvalue weighted by atomic mass is 9.98. The SMILES string of the molecule is C=C=C=CC(CCCC)CC(=O)OCCCCCCCCCCC(CCCCCCCCCCOC(=O)CC(C)CCCC)NC(=O)CN(C)C(C)C. The van der Waals surface area contributed by atoms with Crippen LogP contribution in [0.5, 0.6) is 0 Å². The maximum atomic E-state index is 12.8. The molecule has 0 saturated heterocycles. The van der Waals surface area contributed by atoms with Crippen LogP contribution in [0, 0.1) is 11.8 Å². The second-order valence-electron chi connectivity index (χ2n) is 16.0. The second kappa shape index (κ2) is 36.6. The Balaban J connectivity index is 4.14. The van der Waals surface area contributed by atoms with Gasteiger partial charge in [0.2, 0.25) is 5.91 Å². The number of unbranched alkanes of at least 4 members (excludes halogenated alkanes) is 16. The number of nitrogens with one attached hydrogen (secondary N) is 1. The lowest BCUT2D eigenvalue weighted by Gasteiger charge is -2.23. The van der Waals surface area contributed by atoms with Gasteiger partial charge in [0.1, 0.15) is 0 Å². The summed E-state index contributed by atoms with van der Waals surface area (Å²) in [5.74, 6) is 0.580. The van der Waals surface area contributed by atoms with E-state index in [1.54, 1.807) is 0 Å². The monoisotopic (exact) mass is 745 g/mol. The molecule has 0 fully saturated rings. The van der Waals surface area contributed by atoms with E-state index in [2.05, 4.69) is 62.9 Å². The minimum absolute atomic E-state index is 0.0338. The fraction of sp³-hybridized carbons (Fsp3) is 0.848. The van der Waals surface area contributed by atoms with Crippen molar-refractivity contribution in [3.63, 3.8) is 0 Å². The van der Waals surface area contributed by atoms with Crippen LogP contribution < -0.4 is 5.32 Å². The third-order valence-electron chi connectivity index (χ3n) is 10.4. The molecule has 0 aromatic rings. The van der Waals surface area contributed by atoms with Crippen LogP contribution in [0.3, 0.4) is 0 Å². The number of amides is 1. The van der Waals surface area contributed by atoms with Crippen molar-refractivity contribution in [3.8, 4) is 0 Å². The molecular formula is C46H84N2O5. The zero-order chi connectivity index (χ0) is 39.4. The van der Waals surface area contributed by atoms with Crippen molar-refractivity contribution in [3.05, 3.63) is 24.1 Å². The third kappa shape index (κ3) is 33.9. The van der Waals surface area contributed by atoms with Crippen molar-refractivity contribution >= 4 is 17.8 Å². The first-order chi connectivity index (χ1) is 25.6. The molecule has 53 heavy (non-hydrogen) atoms. The molecule has 7 nitrogen and oxygen atoms in total. The normalized spacial score (nSPS) is 12.9. The number of hydrogen-bond acceptors (Lipinski definition) is 6. The van der Waals surface area contributed by atoms with E-state index in [-0.39, 0.29) is 29.8 Å². The molecule has 3 unspecified atom stereocenters. The molecule has 0 aliphatic carbocycles. The highest BCUT2D eigenvalue weighted by molar-refractivity contribution is 5.78. The Bertz CT molecular complexity index is 984. The zero-order valence-corrected chi connectivity index (χ0v) is 35.6. The van der Waals surface area contributed by atoms with Gasteiger partial charge < -0.3 is 14.8 Å². The van der Waals surface area contributed by atoms with Crippen molar-refractivity contribution in [1.29, 1.82) is 0 Å². The van der Waals surface area contributed by atoms with E-state index in [4.69, 9.17) is 9.47 Å². The molecule has 0 bridgehead atoms. The highest BCUT2D eigenvalue weighted by atomic mass is 16.5. The van der Waals surface area contributed by atoms with Crippen molar-refractivity contribution in [2.75, 3.05) is 26.8 Å². The number of esters is 2. The van der Waals surface area contributed by atoms with Crippen molar-refractivity contribution in [2.24, 2.45) is 11.8 Å². The summed E-state index contributed by atoms with van der Waals surface area (Å²) in [5.41, 5.74) is 5.55. The Kier molecular flexibility index (Phi) is 35.0. The summed E-state index contributed by atoms with van der Waals surface area (Å²) in [6.45, 7) is 15.8. The van der Waals surface area contributed by atoms with Gasteiger partial charge in [0, 0.05) is 18.5 Å². The summed E-state index contributed by atoms with van der Waals surface area (Å²) in [4.78, 5) is 39.1. The molecule has 0 heterocycles. The number of carbonyl (C=O) groups is 3. The third-order valence-corrected chi connectivity index (χ3v) is 10.4. The van der Waals surface area contributed by atoms with Crippen LogP contribution in [0.2, 0.25) is 0 Å². The minimum atomic E-state index is -0.114. The number of allylic oxidation sites excluding steroid dienone is 1. The number of ether oxygens (including phenoxy) is 2. The summed E-state index contributed by atoms with van der Waals surface area (Å²) in [6.07, 6.45) is 30.3. The predicted molar refractivity (Wildman–Crippen MR) is 223 cm³/mol.